The quantitative estimate of drug-likeness (QED) is 0.426. The smallest absolute Gasteiger partial charge is 0.234 e. The van der Waals surface area contributed by atoms with E-state index in [2.05, 4.69) is 22.1 Å². The van der Waals surface area contributed by atoms with E-state index in [4.69, 9.17) is 16.3 Å². The van der Waals surface area contributed by atoms with E-state index < -0.39 is 0 Å². The Balaban J connectivity index is 1.66. The number of carbonyl (C=O) groups is 1. The second-order valence-corrected chi connectivity index (χ2v) is 7.67. The standard InChI is InChI=1S/C18H17ClN4O2S2/c1-3-8-23-17(15-5-4-9-26-15)21-22-18(23)27-11-16(24)20-12-6-7-14(25-2)13(19)10-12/h3-7,9-10H,1,8,11H2,2H3,(H,20,24). The van der Waals surface area contributed by atoms with Crippen LogP contribution in [0.15, 0.2) is 53.5 Å². The summed E-state index contributed by atoms with van der Waals surface area (Å²) in [6.45, 7) is 4.36. The Hall–Kier alpha value is -2.29. The fourth-order valence-corrected chi connectivity index (χ4v) is 4.07. The lowest BCUT2D eigenvalue weighted by Crippen LogP contribution is -2.14. The molecule has 1 amide bonds. The van der Waals surface area contributed by atoms with Crippen molar-refractivity contribution in [2.24, 2.45) is 0 Å². The van der Waals surface area contributed by atoms with Crippen LogP contribution in [0.5, 0.6) is 5.75 Å². The van der Waals surface area contributed by atoms with Crippen molar-refractivity contribution >= 4 is 46.3 Å². The van der Waals surface area contributed by atoms with Crippen molar-refractivity contribution in [1.29, 1.82) is 0 Å². The van der Waals surface area contributed by atoms with Crippen LogP contribution in [0.4, 0.5) is 5.69 Å². The van der Waals surface area contributed by atoms with Crippen molar-refractivity contribution in [2.45, 2.75) is 11.7 Å². The van der Waals surface area contributed by atoms with Gasteiger partial charge in [0.15, 0.2) is 11.0 Å². The van der Waals surface area contributed by atoms with Crippen LogP contribution in [0.3, 0.4) is 0 Å². The first-order valence-electron chi connectivity index (χ1n) is 7.96. The van der Waals surface area contributed by atoms with Crippen molar-refractivity contribution in [2.75, 3.05) is 18.2 Å². The minimum absolute atomic E-state index is 0.160. The van der Waals surface area contributed by atoms with Gasteiger partial charge in [-0.05, 0) is 29.6 Å². The minimum atomic E-state index is -0.160. The molecule has 27 heavy (non-hydrogen) atoms. The predicted octanol–water partition coefficient (Wildman–Crippen LogP) is 4.59. The van der Waals surface area contributed by atoms with Crippen LogP contribution in [0.1, 0.15) is 0 Å². The first-order chi connectivity index (χ1) is 13.1. The van der Waals surface area contributed by atoms with E-state index in [0.29, 0.717) is 28.2 Å². The first-order valence-corrected chi connectivity index (χ1v) is 10.2. The number of halogens is 1. The average molecular weight is 421 g/mol. The number of allylic oxidation sites excluding steroid dienone is 1. The third-order valence-electron chi connectivity index (χ3n) is 3.54. The van der Waals surface area contributed by atoms with Gasteiger partial charge >= 0.3 is 0 Å². The molecule has 3 aromatic rings. The van der Waals surface area contributed by atoms with Gasteiger partial charge in [-0.3, -0.25) is 9.36 Å². The van der Waals surface area contributed by atoms with E-state index in [1.165, 1.54) is 11.8 Å². The Bertz CT molecular complexity index is 941. The lowest BCUT2D eigenvalue weighted by Gasteiger charge is -2.09. The van der Waals surface area contributed by atoms with Crippen LogP contribution in [-0.4, -0.2) is 33.5 Å². The van der Waals surface area contributed by atoms with Crippen molar-refractivity contribution in [1.82, 2.24) is 14.8 Å². The summed E-state index contributed by atoms with van der Waals surface area (Å²) in [6.07, 6.45) is 1.78. The van der Waals surface area contributed by atoms with Crippen molar-refractivity contribution in [3.63, 3.8) is 0 Å². The minimum Gasteiger partial charge on any atom is -0.495 e. The van der Waals surface area contributed by atoms with Crippen molar-refractivity contribution < 1.29 is 9.53 Å². The summed E-state index contributed by atoms with van der Waals surface area (Å²) in [7, 11) is 1.54. The van der Waals surface area contributed by atoms with Gasteiger partial charge in [-0.15, -0.1) is 28.1 Å². The highest BCUT2D eigenvalue weighted by Crippen LogP contribution is 2.29. The Kier molecular flexibility index (Phi) is 6.54. The molecule has 9 heteroatoms. The molecule has 0 saturated heterocycles. The number of anilines is 1. The van der Waals surface area contributed by atoms with Gasteiger partial charge < -0.3 is 10.1 Å². The first kappa shape index (κ1) is 19.5. The van der Waals surface area contributed by atoms with E-state index in [1.807, 2.05) is 22.1 Å². The van der Waals surface area contributed by atoms with Crippen molar-refractivity contribution in [3.8, 4) is 16.5 Å². The van der Waals surface area contributed by atoms with Gasteiger partial charge in [-0.2, -0.15) is 0 Å². The van der Waals surface area contributed by atoms with Gasteiger partial charge in [0, 0.05) is 12.2 Å². The number of hydrogen-bond donors (Lipinski definition) is 1. The average Bonchev–Trinajstić information content (AvgIpc) is 3.30. The molecular weight excluding hydrogens is 404 g/mol. The number of nitrogens with one attached hydrogen (secondary N) is 1. The van der Waals surface area contributed by atoms with E-state index in [9.17, 15) is 4.79 Å². The molecule has 0 fully saturated rings. The monoisotopic (exact) mass is 420 g/mol. The third-order valence-corrected chi connectivity index (χ3v) is 5.67. The van der Waals surface area contributed by atoms with Crippen LogP contribution in [0.2, 0.25) is 5.02 Å². The molecule has 0 unspecified atom stereocenters. The molecule has 1 aromatic carbocycles. The molecule has 0 atom stereocenters. The lowest BCUT2D eigenvalue weighted by molar-refractivity contribution is -0.113. The number of thiophene rings is 1. The Morgan fingerprint density at radius 1 is 1.44 bits per heavy atom. The maximum absolute atomic E-state index is 12.3. The van der Waals surface area contributed by atoms with Gasteiger partial charge in [0.25, 0.3) is 0 Å². The molecule has 0 spiro atoms. The SMILES string of the molecule is C=CCn1c(SCC(=O)Nc2ccc(OC)c(Cl)c2)nnc1-c1cccs1. The highest BCUT2D eigenvalue weighted by Gasteiger charge is 2.15. The number of aromatic nitrogens is 3. The number of carbonyl (C=O) groups excluding carboxylic acids is 1. The molecule has 0 saturated carbocycles. The van der Waals surface area contributed by atoms with E-state index >= 15 is 0 Å². The molecular formula is C18H17ClN4O2S2. The van der Waals surface area contributed by atoms with E-state index in [-0.39, 0.29) is 11.7 Å². The molecule has 0 bridgehead atoms. The second kappa shape index (κ2) is 9.07. The van der Waals surface area contributed by atoms with Crippen LogP contribution in [-0.2, 0) is 11.3 Å². The van der Waals surface area contributed by atoms with Gasteiger partial charge in [-0.25, -0.2) is 0 Å². The number of thioether (sulfide) groups is 1. The van der Waals surface area contributed by atoms with Gasteiger partial charge in [0.2, 0.25) is 5.91 Å². The maximum Gasteiger partial charge on any atom is 0.234 e. The van der Waals surface area contributed by atoms with Gasteiger partial charge in [-0.1, -0.05) is 35.5 Å². The van der Waals surface area contributed by atoms with Crippen molar-refractivity contribution in [3.05, 3.63) is 53.4 Å². The lowest BCUT2D eigenvalue weighted by atomic mass is 10.3. The number of ether oxygens (including phenoxy) is 1. The molecule has 140 valence electrons. The van der Waals surface area contributed by atoms with Crippen LogP contribution < -0.4 is 10.1 Å². The summed E-state index contributed by atoms with van der Waals surface area (Å²) in [5, 5.41) is 14.4. The molecule has 0 aliphatic carbocycles. The summed E-state index contributed by atoms with van der Waals surface area (Å²) in [5.74, 6) is 1.37. The highest BCUT2D eigenvalue weighted by molar-refractivity contribution is 7.99. The summed E-state index contributed by atoms with van der Waals surface area (Å²) < 4.78 is 7.05. The largest absolute Gasteiger partial charge is 0.495 e. The number of methoxy groups -OCH3 is 1. The molecule has 1 N–H and O–H groups in total. The van der Waals surface area contributed by atoms with Crippen LogP contribution in [0, 0.1) is 0 Å². The number of nitrogens with zero attached hydrogens (tertiary/aromatic N) is 3. The molecule has 0 radical (unpaired) electrons. The normalized spacial score (nSPS) is 10.6. The molecule has 6 nitrogen and oxygen atoms in total. The highest BCUT2D eigenvalue weighted by atomic mass is 35.5. The number of amides is 1. The zero-order valence-corrected chi connectivity index (χ0v) is 16.9. The topological polar surface area (TPSA) is 69.0 Å². The maximum atomic E-state index is 12.3. The summed E-state index contributed by atoms with van der Waals surface area (Å²) in [6, 6.07) is 9.05. The molecule has 2 heterocycles. The van der Waals surface area contributed by atoms with E-state index in [1.54, 1.807) is 42.7 Å². The third kappa shape index (κ3) is 4.71. The number of rotatable bonds is 8. The summed E-state index contributed by atoms with van der Waals surface area (Å²) in [4.78, 5) is 13.3. The molecule has 2 aromatic heterocycles. The Morgan fingerprint density at radius 2 is 2.30 bits per heavy atom. The van der Waals surface area contributed by atoms with Crippen LogP contribution >= 0.6 is 34.7 Å². The number of hydrogen-bond acceptors (Lipinski definition) is 6. The fourth-order valence-electron chi connectivity index (χ4n) is 2.35. The molecule has 0 aliphatic heterocycles. The zero-order valence-electron chi connectivity index (χ0n) is 14.5. The van der Waals surface area contributed by atoms with E-state index in [0.717, 1.165) is 10.7 Å². The Morgan fingerprint density at radius 3 is 2.96 bits per heavy atom. The zero-order chi connectivity index (χ0) is 19.2. The predicted molar refractivity (Wildman–Crippen MR) is 111 cm³/mol. The Labute approximate surface area is 170 Å². The second-order valence-electron chi connectivity index (χ2n) is 5.37. The molecule has 3 rings (SSSR count). The summed E-state index contributed by atoms with van der Waals surface area (Å²) >= 11 is 8.99. The molecule has 0 aliphatic rings. The van der Waals surface area contributed by atoms with Crippen LogP contribution in [0.25, 0.3) is 10.7 Å². The summed E-state index contributed by atoms with van der Waals surface area (Å²) in [5.41, 5.74) is 0.609. The van der Waals surface area contributed by atoms with Gasteiger partial charge in [0.1, 0.15) is 5.75 Å². The van der Waals surface area contributed by atoms with Gasteiger partial charge in [0.05, 0.1) is 22.8 Å². The fraction of sp³-hybridized carbons (Fsp3) is 0.167. The number of benzene rings is 1.